The predicted octanol–water partition coefficient (Wildman–Crippen LogP) is 13.9. The SMILES string of the molecule is CC(=O)N1CCN(Cc2cccnc2SC(c2ccc(Cl)cc2)c2c(Cl)cc(-n3ncc(=O)[nH]c3=O)cc2Cl)CC1.COCC(=O)CN1CCN(Cc2cccnc2SC(c2ccc(Cl)cc2)c2c(Cl)cc(-n3ncc(=O)[nH]c3=O)cc2Cl)CC1.O=c1cnn(-c2cc(Cl)c(C(Sc3ncccc3CN3CCNCC3)c3ccc(Cl)cc3)c(Cl)c2)c(=O)[nH]1. The zero-order valence-electron chi connectivity index (χ0n) is 65.6. The molecule has 9 heterocycles. The molecule has 0 radical (unpaired) electrons. The number of pyridine rings is 3. The molecule has 27 nitrogen and oxygen atoms in total. The Hall–Kier alpha value is -8.84. The fraction of sp³-hybridized carbons (Fsp3) is 0.262. The molecule has 3 aliphatic heterocycles. The highest BCUT2D eigenvalue weighted by Crippen LogP contribution is 2.51. The molecule has 3 aliphatic rings. The molecular formula is C84H77Cl9N18O9S3. The molecule has 3 unspecified atom stereocenters. The Kier molecular flexibility index (Phi) is 32.4. The van der Waals surface area contributed by atoms with E-state index in [4.69, 9.17) is 124 Å². The standard InChI is InChI=1S/C30H29Cl3N6O4S.C28H25Cl3N6O3S.C26H23Cl3N6O2S/c1-43-18-23(40)17-38-11-9-37(10-12-38)16-20-3-2-8-34-29(20)44-28(19-4-6-21(31)7-5-19)27-24(32)13-22(14-25(27)33)39-30(42)36-26(41)15-35-39;1-17(38)36-11-9-35(10-12-36)16-19-3-2-8-32-27(19)41-26(18-4-6-20(29)7-5-18)25-22(30)13-21(14-23(25)31)37-28(40)34-24(39)15-33-37;27-18-5-3-16(4-6-18)24(38-25-17(2-1-7-31-25)15-34-10-8-30-9-11-34)23-20(28)12-19(13-21(23)29)35-26(37)33-22(36)14-32-35/h2-8,13-15,28H,9-12,16-18H2,1H3,(H,36,41,42);2-8,13-15,26H,9-12,16H2,1H3,(H,34,39,40);1-7,12-14,24,30H,8-11,15H2,(H,33,36,37). The number of aromatic nitrogens is 12. The van der Waals surface area contributed by atoms with E-state index < -0.39 is 33.7 Å². The lowest BCUT2D eigenvalue weighted by Crippen LogP contribution is -2.47. The summed E-state index contributed by atoms with van der Waals surface area (Å²) in [6, 6.07) is 44.0. The molecule has 12 aromatic rings. The van der Waals surface area contributed by atoms with Gasteiger partial charge >= 0.3 is 17.1 Å². The molecule has 15 rings (SSSR count). The molecular weight excluding hydrogens is 1820 g/mol. The summed E-state index contributed by atoms with van der Waals surface area (Å²) in [4.78, 5) is 127. The lowest BCUT2D eigenvalue weighted by atomic mass is 10.0. The van der Waals surface area contributed by atoms with Crippen LogP contribution in [-0.4, -0.2) is 194 Å². The fourth-order valence-electron chi connectivity index (χ4n) is 13.9. The van der Waals surface area contributed by atoms with Gasteiger partial charge in [0, 0.05) is 193 Å². The first-order valence-electron chi connectivity index (χ1n) is 38.3. The summed E-state index contributed by atoms with van der Waals surface area (Å²) in [6.45, 7) is 14.3. The van der Waals surface area contributed by atoms with Crippen LogP contribution in [0, 0.1) is 0 Å². The number of Topliss-reactive ketones (excluding diaryl/α,β-unsaturated/α-hetero) is 1. The van der Waals surface area contributed by atoms with Gasteiger partial charge in [0.15, 0.2) is 5.78 Å². The number of aromatic amines is 3. The molecule has 0 spiro atoms. The van der Waals surface area contributed by atoms with Crippen molar-refractivity contribution in [3.8, 4) is 17.1 Å². The van der Waals surface area contributed by atoms with Crippen molar-refractivity contribution in [2.45, 2.75) is 57.4 Å². The number of hydrogen-bond acceptors (Lipinski definition) is 23. The van der Waals surface area contributed by atoms with Crippen molar-refractivity contribution >= 4 is 151 Å². The number of rotatable bonds is 25. The number of nitrogens with one attached hydrogen (secondary N) is 4. The molecule has 0 bridgehead atoms. The number of halogens is 9. The Balaban J connectivity index is 0.000000159. The summed E-state index contributed by atoms with van der Waals surface area (Å²) in [6.07, 6.45) is 8.32. The van der Waals surface area contributed by atoms with E-state index in [-0.39, 0.29) is 34.0 Å². The van der Waals surface area contributed by atoms with E-state index >= 15 is 0 Å². The first kappa shape index (κ1) is 91.8. The van der Waals surface area contributed by atoms with E-state index in [2.05, 4.69) is 67.3 Å². The van der Waals surface area contributed by atoms with E-state index in [9.17, 15) is 38.4 Å². The highest BCUT2D eigenvalue weighted by Gasteiger charge is 2.31. The summed E-state index contributed by atoms with van der Waals surface area (Å²) in [7, 11) is 1.53. The van der Waals surface area contributed by atoms with Crippen LogP contribution in [-0.2, 0) is 34.0 Å². The van der Waals surface area contributed by atoms with Crippen LogP contribution in [0.3, 0.4) is 0 Å². The maximum Gasteiger partial charge on any atom is 0.349 e. The Morgan fingerprint density at radius 1 is 0.407 bits per heavy atom. The fourth-order valence-corrected chi connectivity index (χ4v) is 20.6. The number of ketones is 1. The third-order valence-electron chi connectivity index (χ3n) is 20.0. The number of hydrogen-bond donors (Lipinski definition) is 4. The Bertz CT molecular complexity index is 6090. The maximum atomic E-state index is 12.4. The largest absolute Gasteiger partial charge is 0.377 e. The molecule has 3 atom stereocenters. The van der Waals surface area contributed by atoms with Crippen LogP contribution in [0.5, 0.6) is 0 Å². The van der Waals surface area contributed by atoms with Crippen LogP contribution in [0.4, 0.5) is 0 Å². The highest BCUT2D eigenvalue weighted by atomic mass is 35.5. The van der Waals surface area contributed by atoms with Crippen LogP contribution in [0.2, 0.25) is 45.2 Å². The van der Waals surface area contributed by atoms with Crippen molar-refractivity contribution in [1.82, 2.24) is 89.1 Å². The van der Waals surface area contributed by atoms with Crippen molar-refractivity contribution in [3.63, 3.8) is 0 Å². The molecule has 638 valence electrons. The quantitative estimate of drug-likeness (QED) is 0.0386. The highest BCUT2D eigenvalue weighted by molar-refractivity contribution is 8.00. The van der Waals surface area contributed by atoms with Gasteiger partial charge in [0.2, 0.25) is 5.91 Å². The third kappa shape index (κ3) is 24.2. The van der Waals surface area contributed by atoms with Gasteiger partial charge in [-0.05, 0) is 124 Å². The van der Waals surface area contributed by atoms with Crippen molar-refractivity contribution in [2.24, 2.45) is 0 Å². The molecule has 6 aromatic carbocycles. The average Bonchev–Trinajstić information content (AvgIpc) is 0.786. The normalized spacial score (nSPS) is 14.8. The van der Waals surface area contributed by atoms with Gasteiger partial charge in [0.25, 0.3) is 16.7 Å². The van der Waals surface area contributed by atoms with Crippen molar-refractivity contribution in [2.75, 3.05) is 98.8 Å². The van der Waals surface area contributed by atoms with E-state index in [1.807, 2.05) is 77.7 Å². The van der Waals surface area contributed by atoms with E-state index in [1.54, 1.807) is 97.9 Å². The van der Waals surface area contributed by atoms with Gasteiger partial charge < -0.3 is 15.0 Å². The van der Waals surface area contributed by atoms with Crippen molar-refractivity contribution in [1.29, 1.82) is 0 Å². The molecule has 0 saturated carbocycles. The van der Waals surface area contributed by atoms with E-state index in [0.717, 1.165) is 153 Å². The molecule has 1 amide bonds. The Morgan fingerprint density at radius 3 is 0.992 bits per heavy atom. The van der Waals surface area contributed by atoms with E-state index in [0.29, 0.717) is 112 Å². The molecule has 0 aliphatic carbocycles. The minimum absolute atomic E-state index is 0.0764. The number of methoxy groups -OCH3 is 1. The molecule has 3 saturated heterocycles. The van der Waals surface area contributed by atoms with Crippen LogP contribution in [0.25, 0.3) is 17.1 Å². The minimum Gasteiger partial charge on any atom is -0.377 e. The number of H-pyrrole nitrogens is 3. The lowest BCUT2D eigenvalue weighted by Gasteiger charge is -2.34. The second-order valence-corrected chi connectivity index (χ2v) is 35.4. The predicted molar refractivity (Wildman–Crippen MR) is 486 cm³/mol. The van der Waals surface area contributed by atoms with Crippen LogP contribution >= 0.6 is 140 Å². The van der Waals surface area contributed by atoms with Gasteiger partial charge in [-0.2, -0.15) is 29.3 Å². The minimum atomic E-state index is -0.707. The van der Waals surface area contributed by atoms with Crippen LogP contribution in [0.1, 0.15) is 72.7 Å². The summed E-state index contributed by atoms with van der Waals surface area (Å²) < 4.78 is 8.05. The molecule has 6 aromatic heterocycles. The number of amides is 1. The monoisotopic (exact) mass is 1890 g/mol. The van der Waals surface area contributed by atoms with Crippen LogP contribution in [0.15, 0.2) is 227 Å². The zero-order valence-corrected chi connectivity index (χ0v) is 74.9. The summed E-state index contributed by atoms with van der Waals surface area (Å²) in [5, 5.41) is 20.3. The zero-order chi connectivity index (χ0) is 87.0. The second-order valence-electron chi connectivity index (χ2n) is 28.4. The molecule has 39 heteroatoms. The first-order valence-corrected chi connectivity index (χ1v) is 44.3. The Labute approximate surface area is 762 Å². The van der Waals surface area contributed by atoms with Crippen molar-refractivity contribution < 1.29 is 14.3 Å². The number of carbonyl (C=O) groups is 2. The number of ether oxygens (including phenoxy) is 1. The molecule has 3 fully saturated rings. The maximum absolute atomic E-state index is 12.4. The van der Waals surface area contributed by atoms with Crippen molar-refractivity contribution in [3.05, 3.63) is 341 Å². The summed E-state index contributed by atoms with van der Waals surface area (Å²) >= 11 is 64.3. The van der Waals surface area contributed by atoms with Gasteiger partial charge in [-0.3, -0.25) is 58.5 Å². The average molecular weight is 1900 g/mol. The van der Waals surface area contributed by atoms with Gasteiger partial charge in [-0.1, -0.05) is 194 Å². The smallest absolute Gasteiger partial charge is 0.349 e. The number of carbonyl (C=O) groups excluding carboxylic acids is 2. The summed E-state index contributed by atoms with van der Waals surface area (Å²) in [5.41, 5.74) is 4.94. The number of piperazine rings is 3. The number of benzene rings is 6. The van der Waals surface area contributed by atoms with Gasteiger partial charge in [0.05, 0.1) is 39.4 Å². The van der Waals surface area contributed by atoms with E-state index in [1.165, 1.54) is 30.6 Å². The third-order valence-corrected chi connectivity index (χ3v) is 26.6. The molecule has 123 heavy (non-hydrogen) atoms. The van der Waals surface area contributed by atoms with Gasteiger partial charge in [0.1, 0.15) is 40.3 Å². The van der Waals surface area contributed by atoms with Gasteiger partial charge in [-0.15, -0.1) is 0 Å². The summed E-state index contributed by atoms with van der Waals surface area (Å²) in [5.74, 6) is 0.168. The number of thioether (sulfide) groups is 3. The molecule has 4 N–H and O–H groups in total. The van der Waals surface area contributed by atoms with Gasteiger partial charge in [-0.25, -0.2) is 29.3 Å². The first-order chi connectivity index (χ1) is 59.3. The Morgan fingerprint density at radius 2 is 0.699 bits per heavy atom. The second kappa shape index (κ2) is 43.4. The lowest BCUT2D eigenvalue weighted by molar-refractivity contribution is -0.130. The topological polar surface area (TPSA) is 314 Å². The number of nitrogens with zero attached hydrogens (tertiary/aromatic N) is 14. The van der Waals surface area contributed by atoms with Crippen LogP contribution < -0.4 is 39.1 Å².